The minimum Gasteiger partial charge on any atom is -0.482 e. The number of amides is 2. The molecule has 7 heteroatoms. The Morgan fingerprint density at radius 3 is 2.73 bits per heavy atom. The van der Waals surface area contributed by atoms with Crippen LogP contribution in [0.25, 0.3) is 22.3 Å². The Bertz CT molecular complexity index is 1290. The summed E-state index contributed by atoms with van der Waals surface area (Å²) in [5.41, 5.74) is 3.57. The van der Waals surface area contributed by atoms with Crippen molar-refractivity contribution in [3.8, 4) is 17.1 Å². The quantitative estimate of drug-likeness (QED) is 0.548. The molecule has 2 amide bonds. The summed E-state index contributed by atoms with van der Waals surface area (Å²) in [6.45, 7) is -0.0159. The fourth-order valence-electron chi connectivity index (χ4n) is 3.37. The largest absolute Gasteiger partial charge is 0.482 e. The molecule has 0 spiro atoms. The van der Waals surface area contributed by atoms with E-state index in [2.05, 4.69) is 20.6 Å². The second kappa shape index (κ2) is 7.29. The lowest BCUT2D eigenvalue weighted by Crippen LogP contribution is -2.25. The molecule has 0 fully saturated rings. The minimum absolute atomic E-state index is 0.0159. The monoisotopic (exact) mass is 396 g/mol. The molecule has 30 heavy (non-hydrogen) atoms. The molecule has 0 saturated carbocycles. The van der Waals surface area contributed by atoms with Crippen LogP contribution in [0.2, 0.25) is 0 Å². The molecule has 0 bridgehead atoms. The zero-order valence-electron chi connectivity index (χ0n) is 15.8. The number of pyridine rings is 2. The third-order valence-corrected chi connectivity index (χ3v) is 4.76. The number of ether oxygens (including phenoxy) is 1. The lowest BCUT2D eigenvalue weighted by Gasteiger charge is -2.18. The van der Waals surface area contributed by atoms with Crippen molar-refractivity contribution < 1.29 is 14.3 Å². The van der Waals surface area contributed by atoms with Crippen LogP contribution >= 0.6 is 0 Å². The molecule has 0 radical (unpaired) electrons. The van der Waals surface area contributed by atoms with E-state index in [0.717, 1.165) is 5.39 Å². The number of aromatic nitrogens is 2. The van der Waals surface area contributed by atoms with Crippen LogP contribution in [0, 0.1) is 0 Å². The highest BCUT2D eigenvalue weighted by Gasteiger charge is 2.18. The van der Waals surface area contributed by atoms with Crippen molar-refractivity contribution >= 4 is 34.1 Å². The zero-order valence-corrected chi connectivity index (χ0v) is 15.8. The van der Waals surface area contributed by atoms with Gasteiger partial charge >= 0.3 is 0 Å². The van der Waals surface area contributed by atoms with E-state index in [9.17, 15) is 9.59 Å². The van der Waals surface area contributed by atoms with Gasteiger partial charge in [-0.25, -0.2) is 4.98 Å². The molecular weight excluding hydrogens is 380 g/mol. The molecule has 4 aromatic rings. The number of rotatable bonds is 3. The van der Waals surface area contributed by atoms with Crippen molar-refractivity contribution in [3.05, 3.63) is 78.5 Å². The fraction of sp³-hybridized carbons (Fsp3) is 0.0435. The van der Waals surface area contributed by atoms with Crippen LogP contribution in [0.4, 0.5) is 11.4 Å². The Morgan fingerprint density at radius 1 is 1.00 bits per heavy atom. The maximum absolute atomic E-state index is 13.2. The number of hydrogen-bond acceptors (Lipinski definition) is 5. The van der Waals surface area contributed by atoms with E-state index < -0.39 is 0 Å². The third kappa shape index (κ3) is 3.33. The molecule has 0 atom stereocenters. The van der Waals surface area contributed by atoms with Crippen LogP contribution < -0.4 is 15.4 Å². The maximum Gasteiger partial charge on any atom is 0.262 e. The topological polar surface area (TPSA) is 93.2 Å². The average Bonchev–Trinajstić information content (AvgIpc) is 2.78. The van der Waals surface area contributed by atoms with Crippen molar-refractivity contribution in [3.63, 3.8) is 0 Å². The van der Waals surface area contributed by atoms with Gasteiger partial charge in [0.05, 0.1) is 28.2 Å². The lowest BCUT2D eigenvalue weighted by molar-refractivity contribution is -0.118. The Labute approximate surface area is 171 Å². The number of nitrogens with zero attached hydrogens (tertiary/aromatic N) is 2. The molecule has 2 N–H and O–H groups in total. The predicted molar refractivity (Wildman–Crippen MR) is 113 cm³/mol. The number of para-hydroxylation sites is 1. The van der Waals surface area contributed by atoms with Gasteiger partial charge in [-0.1, -0.05) is 24.3 Å². The molecule has 0 saturated heterocycles. The average molecular weight is 396 g/mol. The highest BCUT2D eigenvalue weighted by Crippen LogP contribution is 2.31. The summed E-state index contributed by atoms with van der Waals surface area (Å²) in [4.78, 5) is 33.7. The van der Waals surface area contributed by atoms with E-state index in [0.29, 0.717) is 39.6 Å². The van der Waals surface area contributed by atoms with E-state index in [1.165, 1.54) is 0 Å². The number of nitrogens with one attached hydrogen (secondary N) is 2. The normalized spacial score (nSPS) is 12.6. The van der Waals surface area contributed by atoms with Gasteiger partial charge in [-0.3, -0.25) is 14.6 Å². The number of benzene rings is 2. The Balaban J connectivity index is 1.53. The molecule has 0 unspecified atom stereocenters. The lowest BCUT2D eigenvalue weighted by atomic mass is 10.1. The molecule has 146 valence electrons. The molecule has 2 aromatic heterocycles. The first-order chi connectivity index (χ1) is 14.7. The molecule has 1 aliphatic rings. The molecule has 0 aliphatic carbocycles. The van der Waals surface area contributed by atoms with Crippen LogP contribution in [-0.2, 0) is 4.79 Å². The minimum atomic E-state index is -0.284. The van der Waals surface area contributed by atoms with Gasteiger partial charge in [0.1, 0.15) is 5.75 Å². The van der Waals surface area contributed by atoms with Gasteiger partial charge in [0.15, 0.2) is 6.61 Å². The first-order valence-electron chi connectivity index (χ1n) is 9.37. The van der Waals surface area contributed by atoms with Crippen LogP contribution in [0.1, 0.15) is 10.4 Å². The van der Waals surface area contributed by atoms with E-state index in [4.69, 9.17) is 4.74 Å². The van der Waals surface area contributed by atoms with E-state index in [1.807, 2.05) is 42.5 Å². The molecule has 7 nitrogen and oxygen atoms in total. The number of fused-ring (bicyclic) bond motifs is 2. The molecule has 3 heterocycles. The van der Waals surface area contributed by atoms with Crippen molar-refractivity contribution in [2.75, 3.05) is 17.2 Å². The number of anilines is 2. The number of hydrogen-bond donors (Lipinski definition) is 2. The van der Waals surface area contributed by atoms with Crippen LogP contribution in [-0.4, -0.2) is 28.4 Å². The summed E-state index contributed by atoms with van der Waals surface area (Å²) < 4.78 is 5.36. The van der Waals surface area contributed by atoms with Gasteiger partial charge in [-0.05, 0) is 42.5 Å². The Morgan fingerprint density at radius 2 is 1.87 bits per heavy atom. The van der Waals surface area contributed by atoms with Crippen molar-refractivity contribution in [1.29, 1.82) is 0 Å². The summed E-state index contributed by atoms with van der Waals surface area (Å²) in [5.74, 6) is 0.0549. The van der Waals surface area contributed by atoms with Gasteiger partial charge < -0.3 is 15.4 Å². The summed E-state index contributed by atoms with van der Waals surface area (Å²) in [6, 6.07) is 19.9. The smallest absolute Gasteiger partial charge is 0.262 e. The third-order valence-electron chi connectivity index (χ3n) is 4.76. The van der Waals surface area contributed by atoms with Crippen molar-refractivity contribution in [2.45, 2.75) is 0 Å². The maximum atomic E-state index is 13.2. The molecule has 5 rings (SSSR count). The molecule has 2 aromatic carbocycles. The van der Waals surface area contributed by atoms with Gasteiger partial charge in [0.25, 0.3) is 11.8 Å². The van der Waals surface area contributed by atoms with Crippen LogP contribution in [0.15, 0.2) is 72.9 Å². The summed E-state index contributed by atoms with van der Waals surface area (Å²) in [5, 5.41) is 6.38. The van der Waals surface area contributed by atoms with Gasteiger partial charge in [0, 0.05) is 17.3 Å². The molecule has 1 aliphatic heterocycles. The van der Waals surface area contributed by atoms with Crippen LogP contribution in [0.3, 0.4) is 0 Å². The summed E-state index contributed by atoms with van der Waals surface area (Å²) >= 11 is 0. The highest BCUT2D eigenvalue weighted by molar-refractivity contribution is 6.13. The van der Waals surface area contributed by atoms with Crippen LogP contribution in [0.5, 0.6) is 5.75 Å². The van der Waals surface area contributed by atoms with Crippen molar-refractivity contribution in [2.24, 2.45) is 0 Å². The second-order valence-corrected chi connectivity index (χ2v) is 6.79. The highest BCUT2D eigenvalue weighted by atomic mass is 16.5. The van der Waals surface area contributed by atoms with Crippen molar-refractivity contribution in [1.82, 2.24) is 9.97 Å². The van der Waals surface area contributed by atoms with Gasteiger partial charge in [-0.15, -0.1) is 0 Å². The second-order valence-electron chi connectivity index (χ2n) is 6.79. The van der Waals surface area contributed by atoms with E-state index in [-0.39, 0.29) is 18.4 Å². The fourth-order valence-corrected chi connectivity index (χ4v) is 3.37. The SMILES string of the molecule is O=C1COc2ccc(NC(=O)c3cc(-c4ccccn4)nc4ccccc34)cc2N1. The first kappa shape index (κ1) is 17.8. The summed E-state index contributed by atoms with van der Waals surface area (Å²) in [6.07, 6.45) is 1.69. The van der Waals surface area contributed by atoms with E-state index >= 15 is 0 Å². The van der Waals surface area contributed by atoms with E-state index in [1.54, 1.807) is 30.5 Å². The number of carbonyl (C=O) groups excluding carboxylic acids is 2. The first-order valence-corrected chi connectivity index (χ1v) is 9.37. The standard InChI is InChI=1S/C23H16N4O3/c28-22-13-30-21-9-8-14(11-20(21)27-22)25-23(29)16-12-19(18-7-3-4-10-24-18)26-17-6-2-1-5-15(16)17/h1-12H,13H2,(H,25,29)(H,27,28). The van der Waals surface area contributed by atoms with Gasteiger partial charge in [-0.2, -0.15) is 0 Å². The summed E-state index contributed by atoms with van der Waals surface area (Å²) in [7, 11) is 0. The number of carbonyl (C=O) groups is 2. The Hall–Kier alpha value is -4.26. The molecular formula is C23H16N4O3. The van der Waals surface area contributed by atoms with Gasteiger partial charge in [0.2, 0.25) is 0 Å². The zero-order chi connectivity index (χ0) is 20.5. The Kier molecular flexibility index (Phi) is 4.33. The predicted octanol–water partition coefficient (Wildman–Crippen LogP) is 3.88.